The molecule has 0 N–H and O–H groups in total. The van der Waals surface area contributed by atoms with Crippen LogP contribution in [0.5, 0.6) is 0 Å². The van der Waals surface area contributed by atoms with E-state index in [1.807, 2.05) is 60.7 Å². The molecule has 0 saturated carbocycles. The van der Waals surface area contributed by atoms with Crippen LogP contribution < -0.4 is 4.90 Å². The van der Waals surface area contributed by atoms with Gasteiger partial charge in [-0.25, -0.2) is 4.85 Å². The molecule has 5 aromatic carbocycles. The molecule has 0 saturated heterocycles. The van der Waals surface area contributed by atoms with Gasteiger partial charge in [-0.15, -0.1) is 0 Å². The van der Waals surface area contributed by atoms with Crippen LogP contribution in [0.3, 0.4) is 0 Å². The van der Waals surface area contributed by atoms with Crippen LogP contribution in [0.4, 0.5) is 22.7 Å². The summed E-state index contributed by atoms with van der Waals surface area (Å²) in [7, 11) is 0. The normalized spacial score (nSPS) is 10.4. The van der Waals surface area contributed by atoms with Crippen LogP contribution in [-0.4, -0.2) is 4.98 Å². The SMILES string of the molecule is [C-]#[N+]c1cccc(-c2ccc(N(c3ccc(-c4ccncc4)cc3)c3ccc(-c4cccc(C#N)c4)cc3)cc2)c1. The van der Waals surface area contributed by atoms with Crippen molar-refractivity contribution in [2.24, 2.45) is 0 Å². The molecule has 192 valence electrons. The van der Waals surface area contributed by atoms with Crippen LogP contribution in [0, 0.1) is 17.9 Å². The third-order valence-corrected chi connectivity index (χ3v) is 7.02. The number of hydrogen-bond acceptors (Lipinski definition) is 3. The fourth-order valence-corrected chi connectivity index (χ4v) is 4.92. The molecule has 0 aliphatic rings. The van der Waals surface area contributed by atoms with Crippen molar-refractivity contribution in [2.75, 3.05) is 4.90 Å². The van der Waals surface area contributed by atoms with Gasteiger partial charge in [0.2, 0.25) is 0 Å². The van der Waals surface area contributed by atoms with Crippen molar-refractivity contribution < 1.29 is 0 Å². The Labute approximate surface area is 239 Å². The van der Waals surface area contributed by atoms with Gasteiger partial charge in [0.15, 0.2) is 5.69 Å². The first kappa shape index (κ1) is 25.3. The minimum atomic E-state index is 0.628. The van der Waals surface area contributed by atoms with E-state index in [-0.39, 0.29) is 0 Å². The molecule has 1 aromatic heterocycles. The Bertz CT molecular complexity index is 1780. The van der Waals surface area contributed by atoms with Gasteiger partial charge in [0.05, 0.1) is 18.2 Å². The van der Waals surface area contributed by atoms with E-state index >= 15 is 0 Å². The van der Waals surface area contributed by atoms with Gasteiger partial charge < -0.3 is 4.90 Å². The number of nitrogens with zero attached hydrogens (tertiary/aromatic N) is 4. The van der Waals surface area contributed by atoms with Crippen molar-refractivity contribution in [3.8, 4) is 39.4 Å². The zero-order chi connectivity index (χ0) is 28.0. The minimum absolute atomic E-state index is 0.628. The summed E-state index contributed by atoms with van der Waals surface area (Å²) in [4.78, 5) is 9.93. The lowest BCUT2D eigenvalue weighted by atomic mass is 10.0. The van der Waals surface area contributed by atoms with Crippen molar-refractivity contribution in [2.45, 2.75) is 0 Å². The highest BCUT2D eigenvalue weighted by Crippen LogP contribution is 2.38. The summed E-state index contributed by atoms with van der Waals surface area (Å²) in [6.45, 7) is 7.34. The first-order valence-electron chi connectivity index (χ1n) is 13.2. The summed E-state index contributed by atoms with van der Waals surface area (Å²) < 4.78 is 0. The molecule has 0 atom stereocenters. The zero-order valence-electron chi connectivity index (χ0n) is 22.1. The maximum Gasteiger partial charge on any atom is 0.187 e. The number of anilines is 3. The number of nitriles is 1. The van der Waals surface area contributed by atoms with Crippen LogP contribution >= 0.6 is 0 Å². The molecule has 6 aromatic rings. The topological polar surface area (TPSA) is 44.3 Å². The molecule has 0 aliphatic carbocycles. The van der Waals surface area contributed by atoms with Gasteiger partial charge in [0, 0.05) is 29.5 Å². The van der Waals surface area contributed by atoms with Gasteiger partial charge in [-0.05, 0) is 100 Å². The van der Waals surface area contributed by atoms with Crippen LogP contribution in [0.2, 0.25) is 0 Å². The fraction of sp³-hybridized carbons (Fsp3) is 0. The molecule has 41 heavy (non-hydrogen) atoms. The number of rotatable bonds is 6. The fourth-order valence-electron chi connectivity index (χ4n) is 4.92. The van der Waals surface area contributed by atoms with E-state index in [2.05, 4.69) is 93.6 Å². The average molecular weight is 525 g/mol. The van der Waals surface area contributed by atoms with E-state index in [0.717, 1.165) is 50.4 Å². The molecule has 0 radical (unpaired) electrons. The summed E-state index contributed by atoms with van der Waals surface area (Å²) in [5.41, 5.74) is 10.7. The van der Waals surface area contributed by atoms with Gasteiger partial charge in [-0.3, -0.25) is 4.98 Å². The van der Waals surface area contributed by atoms with Crippen molar-refractivity contribution >= 4 is 22.7 Å². The summed E-state index contributed by atoms with van der Waals surface area (Å²) in [6, 6.07) is 46.9. The van der Waals surface area contributed by atoms with Crippen LogP contribution in [0.25, 0.3) is 38.2 Å². The van der Waals surface area contributed by atoms with E-state index < -0.39 is 0 Å². The Balaban J connectivity index is 1.38. The number of hydrogen-bond donors (Lipinski definition) is 0. The molecule has 0 spiro atoms. The summed E-state index contributed by atoms with van der Waals surface area (Å²) in [6.07, 6.45) is 3.61. The first-order chi connectivity index (χ1) is 20.2. The zero-order valence-corrected chi connectivity index (χ0v) is 22.1. The number of pyridine rings is 1. The predicted molar refractivity (Wildman–Crippen MR) is 166 cm³/mol. The van der Waals surface area contributed by atoms with E-state index in [4.69, 9.17) is 6.57 Å². The Morgan fingerprint density at radius 3 is 1.51 bits per heavy atom. The van der Waals surface area contributed by atoms with Gasteiger partial charge >= 0.3 is 0 Å². The molecule has 0 unspecified atom stereocenters. The molecular weight excluding hydrogens is 500 g/mol. The Morgan fingerprint density at radius 1 is 0.537 bits per heavy atom. The summed E-state index contributed by atoms with van der Waals surface area (Å²) in [5.74, 6) is 0. The second-order valence-corrected chi connectivity index (χ2v) is 9.57. The molecule has 0 aliphatic heterocycles. The highest BCUT2D eigenvalue weighted by atomic mass is 15.1. The molecule has 0 amide bonds. The lowest BCUT2D eigenvalue weighted by molar-refractivity contribution is 1.28. The second-order valence-electron chi connectivity index (χ2n) is 9.57. The van der Waals surface area contributed by atoms with Crippen molar-refractivity contribution in [1.82, 2.24) is 4.98 Å². The Morgan fingerprint density at radius 2 is 1.00 bits per heavy atom. The van der Waals surface area contributed by atoms with Crippen molar-refractivity contribution in [3.63, 3.8) is 0 Å². The second kappa shape index (κ2) is 11.4. The van der Waals surface area contributed by atoms with Crippen LogP contribution in [-0.2, 0) is 0 Å². The molecular formula is C37H24N4. The van der Waals surface area contributed by atoms with Gasteiger partial charge in [-0.2, -0.15) is 5.26 Å². The van der Waals surface area contributed by atoms with Crippen LogP contribution in [0.1, 0.15) is 5.56 Å². The Hall–Kier alpha value is -5.97. The highest BCUT2D eigenvalue weighted by Gasteiger charge is 2.14. The lowest BCUT2D eigenvalue weighted by Crippen LogP contribution is -2.09. The molecule has 0 fully saturated rings. The molecule has 4 heteroatoms. The monoisotopic (exact) mass is 524 g/mol. The third kappa shape index (κ3) is 5.45. The number of aromatic nitrogens is 1. The molecule has 6 rings (SSSR count). The van der Waals surface area contributed by atoms with Gasteiger partial charge in [0.25, 0.3) is 0 Å². The number of benzene rings is 5. The summed E-state index contributed by atoms with van der Waals surface area (Å²) >= 11 is 0. The molecule has 0 bridgehead atoms. The molecule has 4 nitrogen and oxygen atoms in total. The maximum absolute atomic E-state index is 9.32. The van der Waals surface area contributed by atoms with E-state index in [1.54, 1.807) is 12.4 Å². The molecule has 1 heterocycles. The maximum atomic E-state index is 9.32. The van der Waals surface area contributed by atoms with Gasteiger partial charge in [-0.1, -0.05) is 66.7 Å². The Kier molecular flexibility index (Phi) is 7.05. The predicted octanol–water partition coefficient (Wildman–Crippen LogP) is 9.97. The van der Waals surface area contributed by atoms with Crippen molar-refractivity contribution in [1.29, 1.82) is 5.26 Å². The van der Waals surface area contributed by atoms with E-state index in [0.29, 0.717) is 11.3 Å². The van der Waals surface area contributed by atoms with E-state index in [1.165, 1.54) is 0 Å². The van der Waals surface area contributed by atoms with E-state index in [9.17, 15) is 5.26 Å². The smallest absolute Gasteiger partial charge is 0.187 e. The summed E-state index contributed by atoms with van der Waals surface area (Å²) in [5, 5.41) is 9.32. The lowest BCUT2D eigenvalue weighted by Gasteiger charge is -2.26. The quantitative estimate of drug-likeness (QED) is 0.204. The van der Waals surface area contributed by atoms with Crippen LogP contribution in [0.15, 0.2) is 146 Å². The standard InChI is InChI=1S/C37H24N4/c1-39-34-7-3-6-33(25-34)30-12-18-37(19-13-30)41(35-14-8-28(9-15-35)31-20-22-40-23-21-31)36-16-10-29(11-17-36)32-5-2-4-27(24-32)26-38/h2-25H. The minimum Gasteiger partial charge on any atom is -0.311 e. The highest BCUT2D eigenvalue weighted by molar-refractivity contribution is 5.81. The van der Waals surface area contributed by atoms with Crippen molar-refractivity contribution in [3.05, 3.63) is 163 Å². The average Bonchev–Trinajstić information content (AvgIpc) is 3.06. The van der Waals surface area contributed by atoms with Gasteiger partial charge in [0.1, 0.15) is 0 Å². The largest absolute Gasteiger partial charge is 0.311 e. The third-order valence-electron chi connectivity index (χ3n) is 7.02. The first-order valence-corrected chi connectivity index (χ1v) is 13.2.